The summed E-state index contributed by atoms with van der Waals surface area (Å²) in [5.74, 6) is 0.510. The SMILES string of the molecule is NC/C(=N/NC(N)=O)c1ccco1. The van der Waals surface area contributed by atoms with Crippen LogP contribution in [0.3, 0.4) is 0 Å². The number of urea groups is 1. The van der Waals surface area contributed by atoms with Gasteiger partial charge in [-0.3, -0.25) is 0 Å². The van der Waals surface area contributed by atoms with Crippen molar-refractivity contribution in [2.75, 3.05) is 6.54 Å². The standard InChI is InChI=1S/C7H10N4O2/c8-4-5(10-11-7(9)12)6-2-1-3-13-6/h1-3H,4,8H2,(H3,9,11,12)/b10-5-. The van der Waals surface area contributed by atoms with Gasteiger partial charge in [0.2, 0.25) is 0 Å². The van der Waals surface area contributed by atoms with Crippen molar-refractivity contribution in [2.45, 2.75) is 0 Å². The highest BCUT2D eigenvalue weighted by molar-refractivity contribution is 6.00. The molecule has 0 aliphatic rings. The molecule has 0 saturated heterocycles. The Morgan fingerprint density at radius 2 is 2.46 bits per heavy atom. The van der Waals surface area contributed by atoms with Crippen molar-refractivity contribution in [2.24, 2.45) is 16.6 Å². The summed E-state index contributed by atoms with van der Waals surface area (Å²) in [5.41, 5.74) is 12.7. The number of nitrogens with one attached hydrogen (secondary N) is 1. The van der Waals surface area contributed by atoms with Gasteiger partial charge >= 0.3 is 6.03 Å². The molecule has 0 aliphatic carbocycles. The first-order chi connectivity index (χ1) is 6.24. The molecular weight excluding hydrogens is 172 g/mol. The molecule has 0 bridgehead atoms. The Morgan fingerprint density at radius 3 is 2.92 bits per heavy atom. The van der Waals surface area contributed by atoms with Crippen LogP contribution in [0, 0.1) is 0 Å². The Balaban J connectivity index is 2.73. The van der Waals surface area contributed by atoms with Crippen molar-refractivity contribution in [3.8, 4) is 0 Å². The smallest absolute Gasteiger partial charge is 0.332 e. The van der Waals surface area contributed by atoms with E-state index in [4.69, 9.17) is 15.9 Å². The lowest BCUT2D eigenvalue weighted by molar-refractivity contribution is 0.249. The molecule has 0 aromatic carbocycles. The van der Waals surface area contributed by atoms with E-state index in [2.05, 4.69) is 10.5 Å². The molecule has 1 aromatic rings. The normalized spacial score (nSPS) is 11.3. The molecular formula is C7H10N4O2. The summed E-state index contributed by atoms with van der Waals surface area (Å²) in [7, 11) is 0. The molecule has 1 heterocycles. The third-order valence-electron chi connectivity index (χ3n) is 1.30. The number of amides is 2. The van der Waals surface area contributed by atoms with Crippen molar-refractivity contribution in [1.82, 2.24) is 5.43 Å². The minimum Gasteiger partial charge on any atom is -0.463 e. The summed E-state index contributed by atoms with van der Waals surface area (Å²) in [6, 6.07) is 2.65. The van der Waals surface area contributed by atoms with Gasteiger partial charge in [-0.15, -0.1) is 0 Å². The highest BCUT2D eigenvalue weighted by Crippen LogP contribution is 2.00. The fourth-order valence-corrected chi connectivity index (χ4v) is 0.767. The second kappa shape index (κ2) is 4.27. The molecule has 5 N–H and O–H groups in total. The Hall–Kier alpha value is -1.82. The van der Waals surface area contributed by atoms with Crippen LogP contribution in [0.25, 0.3) is 0 Å². The molecule has 0 saturated carbocycles. The summed E-state index contributed by atoms with van der Waals surface area (Å²) >= 11 is 0. The Kier molecular flexibility index (Phi) is 3.04. The van der Waals surface area contributed by atoms with Crippen molar-refractivity contribution >= 4 is 11.7 Å². The first-order valence-corrected chi connectivity index (χ1v) is 3.60. The number of nitrogens with zero attached hydrogens (tertiary/aromatic N) is 1. The molecule has 6 heteroatoms. The summed E-state index contributed by atoms with van der Waals surface area (Å²) in [6.07, 6.45) is 1.49. The van der Waals surface area contributed by atoms with E-state index in [1.807, 2.05) is 0 Å². The molecule has 0 radical (unpaired) electrons. The minimum absolute atomic E-state index is 0.161. The maximum atomic E-state index is 10.3. The molecule has 1 aromatic heterocycles. The van der Waals surface area contributed by atoms with E-state index < -0.39 is 6.03 Å². The van der Waals surface area contributed by atoms with E-state index in [0.29, 0.717) is 11.5 Å². The quantitative estimate of drug-likeness (QED) is 0.437. The van der Waals surface area contributed by atoms with Crippen molar-refractivity contribution in [3.05, 3.63) is 24.2 Å². The van der Waals surface area contributed by atoms with E-state index in [9.17, 15) is 4.79 Å². The lowest BCUT2D eigenvalue weighted by Crippen LogP contribution is -2.27. The van der Waals surface area contributed by atoms with E-state index in [-0.39, 0.29) is 6.54 Å². The van der Waals surface area contributed by atoms with Gasteiger partial charge in [0.25, 0.3) is 0 Å². The second-order valence-corrected chi connectivity index (χ2v) is 2.22. The molecule has 70 valence electrons. The summed E-state index contributed by atoms with van der Waals surface area (Å²) in [5, 5.41) is 3.66. The fourth-order valence-electron chi connectivity index (χ4n) is 0.767. The number of rotatable bonds is 3. The average molecular weight is 182 g/mol. The van der Waals surface area contributed by atoms with Gasteiger partial charge in [0.05, 0.1) is 6.26 Å². The van der Waals surface area contributed by atoms with Crippen LogP contribution in [0.4, 0.5) is 4.79 Å². The van der Waals surface area contributed by atoms with Crippen LogP contribution in [-0.4, -0.2) is 18.3 Å². The number of hydrazone groups is 1. The molecule has 2 amide bonds. The molecule has 0 unspecified atom stereocenters. The van der Waals surface area contributed by atoms with Crippen LogP contribution in [-0.2, 0) is 0 Å². The van der Waals surface area contributed by atoms with Gasteiger partial charge in [-0.1, -0.05) is 0 Å². The van der Waals surface area contributed by atoms with Crippen LogP contribution >= 0.6 is 0 Å². The second-order valence-electron chi connectivity index (χ2n) is 2.22. The van der Waals surface area contributed by atoms with Crippen LogP contribution in [0.5, 0.6) is 0 Å². The first kappa shape index (κ1) is 9.27. The summed E-state index contributed by atoms with van der Waals surface area (Å²) in [6.45, 7) is 0.161. The monoisotopic (exact) mass is 182 g/mol. The third-order valence-corrected chi connectivity index (χ3v) is 1.30. The van der Waals surface area contributed by atoms with Gasteiger partial charge in [0, 0.05) is 6.54 Å². The number of nitrogens with two attached hydrogens (primary N) is 2. The van der Waals surface area contributed by atoms with Gasteiger partial charge in [-0.2, -0.15) is 5.10 Å². The van der Waals surface area contributed by atoms with Gasteiger partial charge < -0.3 is 15.9 Å². The number of carbonyl (C=O) groups excluding carboxylic acids is 1. The Morgan fingerprint density at radius 1 is 1.69 bits per heavy atom. The van der Waals surface area contributed by atoms with Crippen LogP contribution < -0.4 is 16.9 Å². The maximum absolute atomic E-state index is 10.3. The van der Waals surface area contributed by atoms with Crippen molar-refractivity contribution < 1.29 is 9.21 Å². The van der Waals surface area contributed by atoms with E-state index in [1.54, 1.807) is 12.1 Å². The molecule has 0 fully saturated rings. The fraction of sp³-hybridized carbons (Fsp3) is 0.143. The van der Waals surface area contributed by atoms with Crippen LogP contribution in [0.2, 0.25) is 0 Å². The maximum Gasteiger partial charge on any atom is 0.332 e. The summed E-state index contributed by atoms with van der Waals surface area (Å²) < 4.78 is 5.02. The van der Waals surface area contributed by atoms with E-state index in [0.717, 1.165) is 0 Å². The van der Waals surface area contributed by atoms with Crippen LogP contribution in [0.15, 0.2) is 27.9 Å². The number of hydrogen-bond acceptors (Lipinski definition) is 4. The number of furan rings is 1. The lowest BCUT2D eigenvalue weighted by Gasteiger charge is -1.98. The molecule has 1 rings (SSSR count). The molecule has 6 nitrogen and oxygen atoms in total. The zero-order valence-corrected chi connectivity index (χ0v) is 6.86. The van der Waals surface area contributed by atoms with Gasteiger partial charge in [0.1, 0.15) is 5.71 Å². The average Bonchev–Trinajstić information content (AvgIpc) is 2.58. The zero-order valence-electron chi connectivity index (χ0n) is 6.86. The largest absolute Gasteiger partial charge is 0.463 e. The first-order valence-electron chi connectivity index (χ1n) is 3.60. The molecule has 0 spiro atoms. The number of primary amides is 1. The Bertz CT molecular complexity index is 304. The lowest BCUT2D eigenvalue weighted by atomic mass is 10.3. The van der Waals surface area contributed by atoms with Gasteiger partial charge in [-0.25, -0.2) is 10.2 Å². The Labute approximate surface area is 74.6 Å². The molecule has 13 heavy (non-hydrogen) atoms. The predicted octanol–water partition coefficient (Wildman–Crippen LogP) is -0.389. The van der Waals surface area contributed by atoms with Crippen molar-refractivity contribution in [1.29, 1.82) is 0 Å². The van der Waals surface area contributed by atoms with Crippen molar-refractivity contribution in [3.63, 3.8) is 0 Å². The van der Waals surface area contributed by atoms with E-state index in [1.165, 1.54) is 6.26 Å². The van der Waals surface area contributed by atoms with Gasteiger partial charge in [-0.05, 0) is 12.1 Å². The third kappa shape index (κ3) is 2.60. The van der Waals surface area contributed by atoms with Crippen LogP contribution in [0.1, 0.15) is 5.76 Å². The van der Waals surface area contributed by atoms with E-state index >= 15 is 0 Å². The van der Waals surface area contributed by atoms with Gasteiger partial charge in [0.15, 0.2) is 5.76 Å². The topological polar surface area (TPSA) is 107 Å². The number of carbonyl (C=O) groups is 1. The number of hydrogen-bond donors (Lipinski definition) is 3. The minimum atomic E-state index is -0.738. The molecule has 0 atom stereocenters. The summed E-state index contributed by atoms with van der Waals surface area (Å²) in [4.78, 5) is 10.3. The highest BCUT2D eigenvalue weighted by atomic mass is 16.3. The highest BCUT2D eigenvalue weighted by Gasteiger charge is 2.03. The predicted molar refractivity (Wildman–Crippen MR) is 47.0 cm³/mol. The molecule has 0 aliphatic heterocycles. The zero-order chi connectivity index (χ0) is 9.68.